The normalized spacial score (nSPS) is 13.9. The molecule has 0 spiro atoms. The van der Waals surface area contributed by atoms with Crippen LogP contribution in [0.3, 0.4) is 0 Å². The van der Waals surface area contributed by atoms with Crippen molar-refractivity contribution in [2.75, 3.05) is 20.3 Å². The second-order valence-electron chi connectivity index (χ2n) is 5.39. The van der Waals surface area contributed by atoms with Gasteiger partial charge in [0.1, 0.15) is 6.54 Å². The van der Waals surface area contributed by atoms with Gasteiger partial charge in [-0.15, -0.1) is 0 Å². The van der Waals surface area contributed by atoms with E-state index in [2.05, 4.69) is 5.10 Å². The van der Waals surface area contributed by atoms with Crippen LogP contribution >= 0.6 is 0 Å². The van der Waals surface area contributed by atoms with Gasteiger partial charge in [-0.25, -0.2) is 0 Å². The summed E-state index contributed by atoms with van der Waals surface area (Å²) in [6.07, 6.45) is -2.34. The summed E-state index contributed by atoms with van der Waals surface area (Å²) in [5.74, 6) is 0. The third kappa shape index (κ3) is 7.03. The highest BCUT2D eigenvalue weighted by Crippen LogP contribution is 2.21. The number of methoxy groups -OCH3 is 1. The predicted molar refractivity (Wildman–Crippen MR) is 86.6 cm³/mol. The molecular weight excluding hydrogens is 305 g/mol. The lowest BCUT2D eigenvalue weighted by molar-refractivity contribution is -0.153. The standard InChI is InChI=1S/C17H25F3N2O/c1-4-9-16(14-10-7-6-8-11-14)21-22(13-17(18,19)20)15(5-2)12-23-3/h6-8,10-11,15H,4-5,9,12-13H2,1-3H3/b21-16+/t15-/m1/s1. The van der Waals surface area contributed by atoms with E-state index in [4.69, 9.17) is 4.74 Å². The molecule has 1 rings (SSSR count). The van der Waals surface area contributed by atoms with Gasteiger partial charge in [-0.1, -0.05) is 50.6 Å². The van der Waals surface area contributed by atoms with Gasteiger partial charge in [0.2, 0.25) is 0 Å². The summed E-state index contributed by atoms with van der Waals surface area (Å²) >= 11 is 0. The summed E-state index contributed by atoms with van der Waals surface area (Å²) in [6, 6.07) is 8.94. The molecule has 0 aromatic heterocycles. The van der Waals surface area contributed by atoms with Crippen molar-refractivity contribution in [1.29, 1.82) is 0 Å². The lowest BCUT2D eigenvalue weighted by atomic mass is 10.1. The SMILES string of the molecule is CCC/C(=N\N(CC(F)(F)F)[C@H](CC)COC)c1ccccc1. The van der Waals surface area contributed by atoms with E-state index in [0.29, 0.717) is 18.6 Å². The molecule has 1 aromatic rings. The number of ether oxygens (including phenoxy) is 1. The lowest BCUT2D eigenvalue weighted by Gasteiger charge is -2.30. The van der Waals surface area contributed by atoms with Gasteiger partial charge in [-0.05, 0) is 18.4 Å². The molecule has 1 aromatic carbocycles. The van der Waals surface area contributed by atoms with Crippen molar-refractivity contribution in [1.82, 2.24) is 5.01 Å². The number of rotatable bonds is 9. The van der Waals surface area contributed by atoms with E-state index in [1.807, 2.05) is 44.2 Å². The van der Waals surface area contributed by atoms with Gasteiger partial charge in [-0.3, -0.25) is 5.01 Å². The lowest BCUT2D eigenvalue weighted by Crippen LogP contribution is -2.41. The fourth-order valence-electron chi connectivity index (χ4n) is 2.31. The minimum absolute atomic E-state index is 0.213. The van der Waals surface area contributed by atoms with Crippen LogP contribution in [0.2, 0.25) is 0 Å². The fraction of sp³-hybridized carbons (Fsp3) is 0.588. The molecule has 6 heteroatoms. The van der Waals surface area contributed by atoms with Gasteiger partial charge in [-0.2, -0.15) is 18.3 Å². The van der Waals surface area contributed by atoms with Crippen LogP contribution in [0.15, 0.2) is 35.4 Å². The maximum absolute atomic E-state index is 12.9. The monoisotopic (exact) mass is 330 g/mol. The zero-order chi connectivity index (χ0) is 17.3. The largest absolute Gasteiger partial charge is 0.407 e. The first-order chi connectivity index (χ1) is 10.9. The third-order valence-corrected chi connectivity index (χ3v) is 3.44. The van der Waals surface area contributed by atoms with Crippen LogP contribution in [0.25, 0.3) is 0 Å². The quantitative estimate of drug-likeness (QED) is 0.492. The minimum atomic E-state index is -4.31. The number of hydrogen-bond acceptors (Lipinski definition) is 3. The average molecular weight is 330 g/mol. The van der Waals surface area contributed by atoms with Crippen molar-refractivity contribution in [2.24, 2.45) is 5.10 Å². The summed E-state index contributed by atoms with van der Waals surface area (Å²) in [5.41, 5.74) is 1.53. The van der Waals surface area contributed by atoms with Gasteiger partial charge in [0.25, 0.3) is 0 Å². The topological polar surface area (TPSA) is 24.8 Å². The van der Waals surface area contributed by atoms with Gasteiger partial charge >= 0.3 is 6.18 Å². The molecule has 23 heavy (non-hydrogen) atoms. The summed E-state index contributed by atoms with van der Waals surface area (Å²) in [4.78, 5) is 0. The van der Waals surface area contributed by atoms with Gasteiger partial charge in [0.05, 0.1) is 18.4 Å². The molecule has 0 amide bonds. The minimum Gasteiger partial charge on any atom is -0.382 e. The van der Waals surface area contributed by atoms with Crippen molar-refractivity contribution in [3.63, 3.8) is 0 Å². The van der Waals surface area contributed by atoms with Crippen molar-refractivity contribution in [3.8, 4) is 0 Å². The molecule has 0 bridgehead atoms. The average Bonchev–Trinajstić information content (AvgIpc) is 2.51. The first-order valence-corrected chi connectivity index (χ1v) is 7.86. The van der Waals surface area contributed by atoms with E-state index in [9.17, 15) is 13.2 Å². The number of halogens is 3. The Morgan fingerprint density at radius 2 is 1.87 bits per heavy atom. The van der Waals surface area contributed by atoms with E-state index in [1.54, 1.807) is 0 Å². The molecule has 0 aliphatic heterocycles. The maximum atomic E-state index is 12.9. The first kappa shape index (κ1) is 19.5. The molecular formula is C17H25F3N2O. The number of hydrazone groups is 1. The van der Waals surface area contributed by atoms with Gasteiger partial charge in [0.15, 0.2) is 0 Å². The van der Waals surface area contributed by atoms with Crippen LogP contribution in [-0.2, 0) is 4.74 Å². The van der Waals surface area contributed by atoms with E-state index in [0.717, 1.165) is 17.0 Å². The second-order valence-corrected chi connectivity index (χ2v) is 5.39. The molecule has 1 atom stereocenters. The zero-order valence-electron chi connectivity index (χ0n) is 13.9. The molecule has 0 saturated carbocycles. The molecule has 0 radical (unpaired) electrons. The zero-order valence-corrected chi connectivity index (χ0v) is 13.9. The highest BCUT2D eigenvalue weighted by atomic mass is 19.4. The number of hydrogen-bond donors (Lipinski definition) is 0. The highest BCUT2D eigenvalue weighted by molar-refractivity contribution is 6.00. The summed E-state index contributed by atoms with van der Waals surface area (Å²) < 4.78 is 43.8. The summed E-state index contributed by atoms with van der Waals surface area (Å²) in [7, 11) is 1.49. The number of benzene rings is 1. The Morgan fingerprint density at radius 1 is 1.22 bits per heavy atom. The molecule has 0 N–H and O–H groups in total. The van der Waals surface area contributed by atoms with Crippen molar-refractivity contribution < 1.29 is 17.9 Å². The first-order valence-electron chi connectivity index (χ1n) is 7.86. The van der Waals surface area contributed by atoms with Crippen LogP contribution in [0.4, 0.5) is 13.2 Å². The Bertz CT molecular complexity index is 474. The van der Waals surface area contributed by atoms with E-state index in [1.165, 1.54) is 7.11 Å². The van der Waals surface area contributed by atoms with Gasteiger partial charge < -0.3 is 4.74 Å². The van der Waals surface area contributed by atoms with Gasteiger partial charge in [0, 0.05) is 7.11 Å². The van der Waals surface area contributed by atoms with Crippen LogP contribution in [-0.4, -0.2) is 43.2 Å². The second kappa shape index (κ2) is 9.55. The van der Waals surface area contributed by atoms with E-state index >= 15 is 0 Å². The summed E-state index contributed by atoms with van der Waals surface area (Å²) in [5, 5.41) is 5.49. The molecule has 0 fully saturated rings. The molecule has 0 heterocycles. The molecule has 0 aliphatic carbocycles. The molecule has 0 unspecified atom stereocenters. The third-order valence-electron chi connectivity index (χ3n) is 3.44. The van der Waals surface area contributed by atoms with Crippen LogP contribution in [0.5, 0.6) is 0 Å². The van der Waals surface area contributed by atoms with E-state index in [-0.39, 0.29) is 6.61 Å². The predicted octanol–water partition coefficient (Wildman–Crippen LogP) is 4.48. The Balaban J connectivity index is 3.14. The fourth-order valence-corrected chi connectivity index (χ4v) is 2.31. The summed E-state index contributed by atoms with van der Waals surface area (Å²) in [6.45, 7) is 2.96. The molecule has 130 valence electrons. The van der Waals surface area contributed by atoms with Crippen molar-refractivity contribution in [3.05, 3.63) is 35.9 Å². The van der Waals surface area contributed by atoms with Crippen LogP contribution in [0, 0.1) is 0 Å². The smallest absolute Gasteiger partial charge is 0.382 e. The molecule has 3 nitrogen and oxygen atoms in total. The highest BCUT2D eigenvalue weighted by Gasteiger charge is 2.33. The Hall–Kier alpha value is -1.56. The maximum Gasteiger partial charge on any atom is 0.407 e. The molecule has 0 aliphatic rings. The number of alkyl halides is 3. The van der Waals surface area contributed by atoms with E-state index < -0.39 is 18.8 Å². The Morgan fingerprint density at radius 3 is 2.35 bits per heavy atom. The molecule has 0 saturated heterocycles. The van der Waals surface area contributed by atoms with Crippen molar-refractivity contribution >= 4 is 5.71 Å². The van der Waals surface area contributed by atoms with Crippen LogP contribution in [0.1, 0.15) is 38.7 Å². The van der Waals surface area contributed by atoms with Crippen LogP contribution < -0.4 is 0 Å². The number of nitrogens with zero attached hydrogens (tertiary/aromatic N) is 2. The van der Waals surface area contributed by atoms with Crippen molar-refractivity contribution in [2.45, 2.75) is 45.3 Å². The Labute approximate surface area is 136 Å². The Kier molecular flexibility index (Phi) is 8.09.